The summed E-state index contributed by atoms with van der Waals surface area (Å²) in [5, 5.41) is 3.55. The van der Waals surface area contributed by atoms with Gasteiger partial charge in [0.1, 0.15) is 5.82 Å². The van der Waals surface area contributed by atoms with Crippen LogP contribution >= 0.6 is 34.4 Å². The Labute approximate surface area is 130 Å². The molecule has 0 radical (unpaired) electrons. The van der Waals surface area contributed by atoms with Gasteiger partial charge in [0.15, 0.2) is 0 Å². The smallest absolute Gasteiger partial charge is 0.137 e. The Hall–Kier alpha value is -0.750. The number of halogens is 2. The SMILES string of the molecule is Fc1cccc2c1SCCC2Nc1ccccc1I. The minimum absolute atomic E-state index is 0.100. The molecule has 98 valence electrons. The molecule has 0 saturated carbocycles. The van der Waals surface area contributed by atoms with Gasteiger partial charge in [0.25, 0.3) is 0 Å². The molecule has 0 amide bonds. The molecule has 1 aliphatic heterocycles. The van der Waals surface area contributed by atoms with E-state index in [1.165, 1.54) is 3.57 Å². The Balaban J connectivity index is 1.92. The summed E-state index contributed by atoms with van der Waals surface area (Å²) in [7, 11) is 0. The van der Waals surface area contributed by atoms with E-state index in [1.54, 1.807) is 23.9 Å². The third-order valence-electron chi connectivity index (χ3n) is 3.23. The molecule has 0 aromatic heterocycles. The summed E-state index contributed by atoms with van der Waals surface area (Å²) < 4.78 is 15.0. The monoisotopic (exact) mass is 385 g/mol. The quantitative estimate of drug-likeness (QED) is 0.724. The van der Waals surface area contributed by atoms with Crippen LogP contribution in [0.1, 0.15) is 18.0 Å². The van der Waals surface area contributed by atoms with Crippen molar-refractivity contribution in [3.05, 3.63) is 57.4 Å². The van der Waals surface area contributed by atoms with Gasteiger partial charge in [-0.15, -0.1) is 11.8 Å². The van der Waals surface area contributed by atoms with Gasteiger partial charge in [-0.05, 0) is 52.8 Å². The normalized spacial score (nSPS) is 17.9. The van der Waals surface area contributed by atoms with Crippen LogP contribution in [0.15, 0.2) is 47.4 Å². The highest BCUT2D eigenvalue weighted by Gasteiger charge is 2.23. The van der Waals surface area contributed by atoms with Crippen LogP contribution in [0.5, 0.6) is 0 Å². The van der Waals surface area contributed by atoms with Gasteiger partial charge in [0.05, 0.1) is 6.04 Å². The summed E-state index contributed by atoms with van der Waals surface area (Å²) in [5.41, 5.74) is 2.20. The number of hydrogen-bond acceptors (Lipinski definition) is 2. The zero-order valence-corrected chi connectivity index (χ0v) is 13.2. The molecule has 0 aliphatic carbocycles. The van der Waals surface area contributed by atoms with Crippen LogP contribution in [0.2, 0.25) is 0 Å². The lowest BCUT2D eigenvalue weighted by Gasteiger charge is -2.27. The molecular weight excluding hydrogens is 372 g/mol. The van der Waals surface area contributed by atoms with Gasteiger partial charge in [-0.1, -0.05) is 24.3 Å². The van der Waals surface area contributed by atoms with Crippen LogP contribution in [0.25, 0.3) is 0 Å². The number of para-hydroxylation sites is 1. The zero-order chi connectivity index (χ0) is 13.2. The molecule has 1 atom stereocenters. The first-order valence-corrected chi connectivity index (χ1v) is 8.24. The van der Waals surface area contributed by atoms with E-state index in [0.29, 0.717) is 0 Å². The van der Waals surface area contributed by atoms with Gasteiger partial charge in [0, 0.05) is 19.9 Å². The Morgan fingerprint density at radius 1 is 1.16 bits per heavy atom. The van der Waals surface area contributed by atoms with Crippen molar-refractivity contribution in [2.24, 2.45) is 0 Å². The molecule has 3 rings (SSSR count). The molecule has 0 saturated heterocycles. The van der Waals surface area contributed by atoms with Crippen molar-refractivity contribution in [2.45, 2.75) is 17.4 Å². The molecule has 2 aromatic rings. The summed E-state index contributed by atoms with van der Waals surface area (Å²) in [6.07, 6.45) is 1.02. The third-order valence-corrected chi connectivity index (χ3v) is 5.33. The number of fused-ring (bicyclic) bond motifs is 1. The van der Waals surface area contributed by atoms with E-state index in [0.717, 1.165) is 28.3 Å². The second-order valence-electron chi connectivity index (χ2n) is 4.47. The van der Waals surface area contributed by atoms with Crippen molar-refractivity contribution >= 4 is 40.0 Å². The van der Waals surface area contributed by atoms with E-state index in [1.807, 2.05) is 18.2 Å². The molecule has 2 aromatic carbocycles. The van der Waals surface area contributed by atoms with Gasteiger partial charge in [-0.3, -0.25) is 0 Å². The van der Waals surface area contributed by atoms with Crippen molar-refractivity contribution in [3.63, 3.8) is 0 Å². The van der Waals surface area contributed by atoms with Crippen molar-refractivity contribution in [2.75, 3.05) is 11.1 Å². The topological polar surface area (TPSA) is 12.0 Å². The largest absolute Gasteiger partial charge is 0.377 e. The van der Waals surface area contributed by atoms with Crippen LogP contribution in [-0.2, 0) is 0 Å². The molecule has 0 spiro atoms. The average molecular weight is 385 g/mol. The molecule has 4 heteroatoms. The fraction of sp³-hybridized carbons (Fsp3) is 0.200. The van der Waals surface area contributed by atoms with Crippen LogP contribution < -0.4 is 5.32 Å². The fourth-order valence-electron chi connectivity index (χ4n) is 2.30. The van der Waals surface area contributed by atoms with Crippen LogP contribution in [0.3, 0.4) is 0 Å². The van der Waals surface area contributed by atoms with Crippen LogP contribution in [-0.4, -0.2) is 5.75 Å². The van der Waals surface area contributed by atoms with E-state index >= 15 is 0 Å². The van der Waals surface area contributed by atoms with Gasteiger partial charge < -0.3 is 5.32 Å². The maximum absolute atomic E-state index is 13.8. The molecule has 0 fully saturated rings. The Morgan fingerprint density at radius 2 is 2.00 bits per heavy atom. The second kappa shape index (κ2) is 5.71. The average Bonchev–Trinajstić information content (AvgIpc) is 2.42. The first-order valence-electron chi connectivity index (χ1n) is 6.18. The number of anilines is 1. The summed E-state index contributed by atoms with van der Waals surface area (Å²) in [6.45, 7) is 0. The summed E-state index contributed by atoms with van der Waals surface area (Å²) in [5.74, 6) is 0.853. The maximum Gasteiger partial charge on any atom is 0.137 e. The summed E-state index contributed by atoms with van der Waals surface area (Å²) >= 11 is 3.94. The first-order chi connectivity index (χ1) is 9.25. The molecule has 19 heavy (non-hydrogen) atoms. The minimum atomic E-state index is -0.100. The highest BCUT2D eigenvalue weighted by molar-refractivity contribution is 14.1. The van der Waals surface area contributed by atoms with Crippen molar-refractivity contribution in [3.8, 4) is 0 Å². The molecule has 1 heterocycles. The van der Waals surface area contributed by atoms with E-state index in [9.17, 15) is 4.39 Å². The van der Waals surface area contributed by atoms with Crippen molar-refractivity contribution < 1.29 is 4.39 Å². The number of nitrogens with one attached hydrogen (secondary N) is 1. The van der Waals surface area contributed by atoms with Crippen molar-refractivity contribution in [1.82, 2.24) is 0 Å². The number of rotatable bonds is 2. The zero-order valence-electron chi connectivity index (χ0n) is 10.2. The first kappa shape index (κ1) is 13.2. The lowest BCUT2D eigenvalue weighted by Crippen LogP contribution is -2.17. The number of thioether (sulfide) groups is 1. The third kappa shape index (κ3) is 2.74. The molecule has 1 aliphatic rings. The predicted molar refractivity (Wildman–Crippen MR) is 87.3 cm³/mol. The summed E-state index contributed by atoms with van der Waals surface area (Å²) in [6, 6.07) is 13.8. The molecular formula is C15H13FINS. The van der Waals surface area contributed by atoms with Gasteiger partial charge in [-0.25, -0.2) is 4.39 Å². The second-order valence-corrected chi connectivity index (χ2v) is 6.74. The molecule has 0 bridgehead atoms. The number of benzene rings is 2. The van der Waals surface area contributed by atoms with Crippen LogP contribution in [0, 0.1) is 9.39 Å². The maximum atomic E-state index is 13.8. The highest BCUT2D eigenvalue weighted by atomic mass is 127. The van der Waals surface area contributed by atoms with Crippen molar-refractivity contribution in [1.29, 1.82) is 0 Å². The van der Waals surface area contributed by atoms with E-state index in [2.05, 4.69) is 40.0 Å². The highest BCUT2D eigenvalue weighted by Crippen LogP contribution is 2.39. The lowest BCUT2D eigenvalue weighted by atomic mass is 10.0. The van der Waals surface area contributed by atoms with Gasteiger partial charge in [0.2, 0.25) is 0 Å². The van der Waals surface area contributed by atoms with E-state index in [4.69, 9.17) is 0 Å². The van der Waals surface area contributed by atoms with E-state index in [-0.39, 0.29) is 11.9 Å². The molecule has 1 unspecified atom stereocenters. The fourth-order valence-corrected chi connectivity index (χ4v) is 3.99. The molecule has 1 N–H and O–H groups in total. The standard InChI is InChI=1S/C15H13FINS/c16-11-5-3-4-10-13(8-9-19-15(10)11)18-14-7-2-1-6-12(14)17/h1-7,13,18H,8-9H2. The lowest BCUT2D eigenvalue weighted by molar-refractivity contribution is 0.585. The van der Waals surface area contributed by atoms with Crippen LogP contribution in [0.4, 0.5) is 10.1 Å². The number of hydrogen-bond donors (Lipinski definition) is 1. The van der Waals surface area contributed by atoms with Gasteiger partial charge >= 0.3 is 0 Å². The molecule has 1 nitrogen and oxygen atoms in total. The Kier molecular flexibility index (Phi) is 3.98. The Morgan fingerprint density at radius 3 is 2.84 bits per heavy atom. The van der Waals surface area contributed by atoms with Gasteiger partial charge in [-0.2, -0.15) is 0 Å². The minimum Gasteiger partial charge on any atom is -0.377 e. The summed E-state index contributed by atoms with van der Waals surface area (Å²) in [4.78, 5) is 0.803. The van der Waals surface area contributed by atoms with E-state index < -0.39 is 0 Å². The Bertz CT molecular complexity index is 602. The predicted octanol–water partition coefficient (Wildman–Crippen LogP) is 5.08.